The van der Waals surface area contributed by atoms with Gasteiger partial charge in [0.1, 0.15) is 18.4 Å². The molecule has 0 aliphatic carbocycles. The summed E-state index contributed by atoms with van der Waals surface area (Å²) >= 11 is 0. The number of para-hydroxylation sites is 3. The largest absolute Gasteiger partial charge is 0.495 e. The molecule has 164 valence electrons. The van der Waals surface area contributed by atoms with Crippen molar-refractivity contribution < 1.29 is 42.5 Å². The van der Waals surface area contributed by atoms with Gasteiger partial charge in [0, 0.05) is 0 Å². The zero-order chi connectivity index (χ0) is 23.0. The van der Waals surface area contributed by atoms with Gasteiger partial charge < -0.3 is 25.2 Å². The molecule has 0 aliphatic heterocycles. The van der Waals surface area contributed by atoms with E-state index in [0.717, 1.165) is 18.2 Å². The van der Waals surface area contributed by atoms with Crippen LogP contribution >= 0.6 is 0 Å². The highest BCUT2D eigenvalue weighted by Crippen LogP contribution is 2.23. The molecule has 11 heteroatoms. The van der Waals surface area contributed by atoms with Crippen LogP contribution in [0.3, 0.4) is 0 Å². The molecule has 0 saturated heterocycles. The van der Waals surface area contributed by atoms with Crippen molar-refractivity contribution in [3.8, 4) is 11.5 Å². The third kappa shape index (κ3) is 6.49. The maximum atomic E-state index is 13.6. The second-order valence-electron chi connectivity index (χ2n) is 6.08. The first kappa shape index (κ1) is 23.3. The average Bonchev–Trinajstić information content (AvgIpc) is 2.72. The number of hydrogen-bond donors (Lipinski definition) is 3. The van der Waals surface area contributed by atoms with Crippen LogP contribution in [0.1, 0.15) is 6.42 Å². The normalized spacial score (nSPS) is 11.2. The molecule has 2 aromatic carbocycles. The molecule has 0 bridgehead atoms. The topological polar surface area (TPSA) is 131 Å². The van der Waals surface area contributed by atoms with E-state index in [1.807, 2.05) is 5.32 Å². The zero-order valence-corrected chi connectivity index (χ0v) is 16.2. The Morgan fingerprint density at radius 3 is 2.26 bits per heavy atom. The van der Waals surface area contributed by atoms with Gasteiger partial charge in [0.25, 0.3) is 0 Å². The first-order chi connectivity index (χ1) is 14.7. The minimum Gasteiger partial charge on any atom is -0.495 e. The van der Waals surface area contributed by atoms with Gasteiger partial charge in [0.15, 0.2) is 23.2 Å². The van der Waals surface area contributed by atoms with Crippen molar-refractivity contribution in [2.45, 2.75) is 12.5 Å². The third-order valence-corrected chi connectivity index (χ3v) is 3.91. The number of carboxylic acids is 1. The quantitative estimate of drug-likeness (QED) is 0.508. The molecular weight excluding hydrogens is 418 g/mol. The van der Waals surface area contributed by atoms with Gasteiger partial charge in [-0.05, 0) is 24.3 Å². The summed E-state index contributed by atoms with van der Waals surface area (Å²) in [4.78, 5) is 47.6. The van der Waals surface area contributed by atoms with Crippen LogP contribution in [0.2, 0.25) is 0 Å². The molecule has 0 saturated carbocycles. The molecule has 2 rings (SSSR count). The summed E-state index contributed by atoms with van der Waals surface area (Å²) in [6, 6.07) is 7.42. The summed E-state index contributed by atoms with van der Waals surface area (Å²) in [6.07, 6.45) is -0.879. The highest BCUT2D eigenvalue weighted by atomic mass is 19.1. The third-order valence-electron chi connectivity index (χ3n) is 3.91. The van der Waals surface area contributed by atoms with Gasteiger partial charge in [-0.2, -0.15) is 0 Å². The highest BCUT2D eigenvalue weighted by Gasteiger charge is 2.27. The lowest BCUT2D eigenvalue weighted by Crippen LogP contribution is -2.48. The van der Waals surface area contributed by atoms with Crippen molar-refractivity contribution in [2.24, 2.45) is 0 Å². The van der Waals surface area contributed by atoms with Gasteiger partial charge in [0.2, 0.25) is 0 Å². The molecule has 0 unspecified atom stereocenters. The van der Waals surface area contributed by atoms with Crippen LogP contribution in [0.4, 0.5) is 14.5 Å². The van der Waals surface area contributed by atoms with Gasteiger partial charge in [-0.25, -0.2) is 8.78 Å². The Bertz CT molecular complexity index is 977. The van der Waals surface area contributed by atoms with E-state index in [-0.39, 0.29) is 11.4 Å². The number of carbonyl (C=O) groups excluding carboxylic acids is 3. The predicted molar refractivity (Wildman–Crippen MR) is 103 cm³/mol. The number of hydrogen-bond acceptors (Lipinski definition) is 6. The van der Waals surface area contributed by atoms with E-state index in [2.05, 4.69) is 5.32 Å². The van der Waals surface area contributed by atoms with Crippen LogP contribution in [-0.4, -0.2) is 48.4 Å². The summed E-state index contributed by atoms with van der Waals surface area (Å²) < 4.78 is 37.0. The van der Waals surface area contributed by atoms with E-state index in [1.54, 1.807) is 12.1 Å². The summed E-state index contributed by atoms with van der Waals surface area (Å²) in [6.45, 7) is -0.940. The lowest BCUT2D eigenvalue weighted by Gasteiger charge is -2.17. The van der Waals surface area contributed by atoms with Crippen LogP contribution < -0.4 is 20.1 Å². The molecule has 2 amide bonds. The van der Waals surface area contributed by atoms with Gasteiger partial charge in [0.05, 0.1) is 19.2 Å². The molecule has 9 nitrogen and oxygen atoms in total. The fourth-order valence-electron chi connectivity index (χ4n) is 2.44. The fraction of sp³-hybridized carbons (Fsp3) is 0.200. The van der Waals surface area contributed by atoms with Crippen molar-refractivity contribution >= 4 is 29.3 Å². The average molecular weight is 436 g/mol. The van der Waals surface area contributed by atoms with Crippen molar-refractivity contribution in [1.29, 1.82) is 0 Å². The number of ether oxygens (including phenoxy) is 2. The van der Waals surface area contributed by atoms with E-state index < -0.39 is 60.0 Å². The van der Waals surface area contributed by atoms with E-state index in [1.165, 1.54) is 19.2 Å². The van der Waals surface area contributed by atoms with E-state index in [0.29, 0.717) is 0 Å². The number of methoxy groups -OCH3 is 1. The number of aliphatic carboxylic acids is 1. The number of amides is 2. The van der Waals surface area contributed by atoms with Gasteiger partial charge in [-0.3, -0.25) is 19.2 Å². The Hall–Kier alpha value is -4.02. The first-order valence-corrected chi connectivity index (χ1v) is 8.79. The number of nitrogens with one attached hydrogen (secondary N) is 2. The minimum absolute atomic E-state index is 0.171. The summed E-state index contributed by atoms with van der Waals surface area (Å²) in [5.41, 5.74) is 0.171. The summed E-state index contributed by atoms with van der Waals surface area (Å²) in [7, 11) is 1.35. The van der Waals surface area contributed by atoms with Crippen molar-refractivity contribution in [3.63, 3.8) is 0 Å². The first-order valence-electron chi connectivity index (χ1n) is 8.79. The summed E-state index contributed by atoms with van der Waals surface area (Å²) in [5.74, 6) is -7.65. The number of halogens is 2. The van der Waals surface area contributed by atoms with E-state index in [9.17, 15) is 28.0 Å². The molecule has 2 aromatic rings. The van der Waals surface area contributed by atoms with Crippen LogP contribution in [-0.2, 0) is 19.2 Å². The second kappa shape index (κ2) is 10.7. The number of benzene rings is 2. The molecule has 1 atom stereocenters. The Balaban J connectivity index is 2.05. The van der Waals surface area contributed by atoms with E-state index >= 15 is 0 Å². The van der Waals surface area contributed by atoms with E-state index in [4.69, 9.17) is 14.6 Å². The Kier molecular flexibility index (Phi) is 8.01. The smallest absolute Gasteiger partial charge is 0.313 e. The standard InChI is InChI=1S/C20H18F2N2O7/c1-30-16-8-3-2-7-13(16)23-19(28)20(29)24-14(9-17(26)27)15(25)10-31-18-11(21)5-4-6-12(18)22/h2-8,14H,9-10H2,1H3,(H,23,28)(H,24,29)(H,26,27)/t14-/m0/s1. The fourth-order valence-corrected chi connectivity index (χ4v) is 2.44. The van der Waals surface area contributed by atoms with Crippen LogP contribution in [0.5, 0.6) is 11.5 Å². The Labute approximate surface area is 175 Å². The molecule has 0 radical (unpaired) electrons. The molecule has 0 spiro atoms. The predicted octanol–water partition coefficient (Wildman–Crippen LogP) is 1.52. The van der Waals surface area contributed by atoms with Crippen LogP contribution in [0, 0.1) is 11.6 Å². The Morgan fingerprint density at radius 1 is 1.00 bits per heavy atom. The molecule has 0 aromatic heterocycles. The molecular formula is C20H18F2N2O7. The SMILES string of the molecule is COc1ccccc1NC(=O)C(=O)N[C@@H](CC(=O)O)C(=O)COc1c(F)cccc1F. The number of anilines is 1. The lowest BCUT2D eigenvalue weighted by atomic mass is 10.1. The number of carbonyl (C=O) groups is 4. The number of Topliss-reactive ketones (excluding diaryl/α,β-unsaturated/α-hetero) is 1. The molecule has 0 heterocycles. The van der Waals surface area contributed by atoms with Crippen LogP contribution in [0.25, 0.3) is 0 Å². The molecule has 0 fully saturated rings. The maximum Gasteiger partial charge on any atom is 0.313 e. The lowest BCUT2D eigenvalue weighted by molar-refractivity contribution is -0.142. The zero-order valence-electron chi connectivity index (χ0n) is 16.2. The molecule has 31 heavy (non-hydrogen) atoms. The Morgan fingerprint density at radius 2 is 1.65 bits per heavy atom. The number of rotatable bonds is 9. The maximum absolute atomic E-state index is 13.6. The van der Waals surface area contributed by atoms with Crippen LogP contribution in [0.15, 0.2) is 42.5 Å². The minimum atomic E-state index is -1.68. The van der Waals surface area contributed by atoms with Gasteiger partial charge in [-0.1, -0.05) is 18.2 Å². The molecule has 3 N–H and O–H groups in total. The highest BCUT2D eigenvalue weighted by molar-refractivity contribution is 6.40. The number of carboxylic acid groups (broad SMARTS) is 1. The van der Waals surface area contributed by atoms with Crippen molar-refractivity contribution in [3.05, 3.63) is 54.1 Å². The summed E-state index contributed by atoms with van der Waals surface area (Å²) in [5, 5.41) is 13.2. The van der Waals surface area contributed by atoms with Crippen molar-refractivity contribution in [2.75, 3.05) is 19.0 Å². The molecule has 0 aliphatic rings. The monoisotopic (exact) mass is 436 g/mol. The number of ketones is 1. The van der Waals surface area contributed by atoms with Gasteiger partial charge >= 0.3 is 17.8 Å². The second-order valence-corrected chi connectivity index (χ2v) is 6.08. The van der Waals surface area contributed by atoms with Gasteiger partial charge in [-0.15, -0.1) is 0 Å². The van der Waals surface area contributed by atoms with Crippen molar-refractivity contribution in [1.82, 2.24) is 5.32 Å².